The Morgan fingerprint density at radius 2 is 2.35 bits per heavy atom. The van der Waals surface area contributed by atoms with E-state index >= 15 is 0 Å². The van der Waals surface area contributed by atoms with E-state index in [-0.39, 0.29) is 11.8 Å². The summed E-state index contributed by atoms with van der Waals surface area (Å²) in [6, 6.07) is 6.04. The standard InChI is InChI=1S/C13H14N2O2/c1-17-10-4-5-11-8(6-10)2-3-9-7-12(16)14-15-13(9)11/h4-6,9H,2-3,7H2,1H3,(H,14,16)/t9-/m1/s1. The van der Waals surface area contributed by atoms with Crippen molar-refractivity contribution in [3.8, 4) is 5.75 Å². The Morgan fingerprint density at radius 1 is 1.47 bits per heavy atom. The molecular weight excluding hydrogens is 216 g/mol. The molecule has 2 aliphatic rings. The zero-order chi connectivity index (χ0) is 11.8. The van der Waals surface area contributed by atoms with E-state index in [9.17, 15) is 4.79 Å². The van der Waals surface area contributed by atoms with E-state index in [0.29, 0.717) is 6.42 Å². The molecule has 0 spiro atoms. The summed E-state index contributed by atoms with van der Waals surface area (Å²) in [5.41, 5.74) is 6.00. The van der Waals surface area contributed by atoms with Crippen LogP contribution < -0.4 is 10.2 Å². The van der Waals surface area contributed by atoms with E-state index in [0.717, 1.165) is 29.9 Å². The maximum absolute atomic E-state index is 11.3. The van der Waals surface area contributed by atoms with Crippen LogP contribution in [-0.2, 0) is 11.2 Å². The molecule has 1 amide bonds. The largest absolute Gasteiger partial charge is 0.497 e. The lowest BCUT2D eigenvalue weighted by molar-refractivity contribution is -0.122. The Balaban J connectivity index is 2.04. The first-order chi connectivity index (χ1) is 8.28. The molecule has 0 radical (unpaired) electrons. The van der Waals surface area contributed by atoms with Crippen LogP contribution in [-0.4, -0.2) is 18.7 Å². The first-order valence-electron chi connectivity index (χ1n) is 5.81. The second-order valence-electron chi connectivity index (χ2n) is 4.49. The van der Waals surface area contributed by atoms with Crippen molar-refractivity contribution in [1.29, 1.82) is 0 Å². The molecule has 1 N–H and O–H groups in total. The SMILES string of the molecule is COc1ccc2c(c1)CC[C@@H]1CC(=O)NN=C21. The molecular formula is C13H14N2O2. The first kappa shape index (κ1) is 10.3. The number of aryl methyl sites for hydroxylation is 1. The minimum Gasteiger partial charge on any atom is -0.497 e. The van der Waals surface area contributed by atoms with Gasteiger partial charge in [-0.25, -0.2) is 5.43 Å². The molecule has 3 rings (SSSR count). The number of nitrogens with zero attached hydrogens (tertiary/aromatic N) is 1. The van der Waals surface area contributed by atoms with Crippen molar-refractivity contribution in [3.05, 3.63) is 29.3 Å². The van der Waals surface area contributed by atoms with Crippen LogP contribution in [0, 0.1) is 5.92 Å². The molecule has 1 aromatic carbocycles. The predicted octanol–water partition coefficient (Wildman–Crippen LogP) is 1.48. The Labute approximate surface area is 99.7 Å². The van der Waals surface area contributed by atoms with Gasteiger partial charge in [0, 0.05) is 17.9 Å². The van der Waals surface area contributed by atoms with Gasteiger partial charge >= 0.3 is 0 Å². The van der Waals surface area contributed by atoms with Crippen molar-refractivity contribution in [2.75, 3.05) is 7.11 Å². The fourth-order valence-electron chi connectivity index (χ4n) is 2.58. The van der Waals surface area contributed by atoms with Gasteiger partial charge in [-0.2, -0.15) is 5.10 Å². The summed E-state index contributed by atoms with van der Waals surface area (Å²) in [7, 11) is 1.67. The van der Waals surface area contributed by atoms with Crippen LogP contribution in [0.25, 0.3) is 0 Å². The van der Waals surface area contributed by atoms with Gasteiger partial charge < -0.3 is 4.74 Å². The molecule has 88 valence electrons. The summed E-state index contributed by atoms with van der Waals surface area (Å²) in [4.78, 5) is 11.3. The Hall–Kier alpha value is -1.84. The number of fused-ring (bicyclic) bond motifs is 3. The summed E-state index contributed by atoms with van der Waals surface area (Å²) in [5, 5.41) is 4.21. The summed E-state index contributed by atoms with van der Waals surface area (Å²) >= 11 is 0. The molecule has 4 nitrogen and oxygen atoms in total. The fourth-order valence-corrected chi connectivity index (χ4v) is 2.58. The molecule has 1 heterocycles. The smallest absolute Gasteiger partial charge is 0.240 e. The monoisotopic (exact) mass is 230 g/mol. The van der Waals surface area contributed by atoms with Crippen molar-refractivity contribution in [1.82, 2.24) is 5.43 Å². The normalized spacial score (nSPS) is 22.1. The van der Waals surface area contributed by atoms with E-state index in [1.54, 1.807) is 7.11 Å². The van der Waals surface area contributed by atoms with Crippen molar-refractivity contribution in [3.63, 3.8) is 0 Å². The minimum absolute atomic E-state index is 0.0238. The van der Waals surface area contributed by atoms with Crippen LogP contribution in [0.5, 0.6) is 5.75 Å². The average Bonchev–Trinajstić information content (AvgIpc) is 2.37. The van der Waals surface area contributed by atoms with Crippen molar-refractivity contribution < 1.29 is 9.53 Å². The molecule has 0 bridgehead atoms. The van der Waals surface area contributed by atoms with E-state index in [1.807, 2.05) is 12.1 Å². The van der Waals surface area contributed by atoms with Crippen LogP contribution in [0.2, 0.25) is 0 Å². The third-order valence-corrected chi connectivity index (χ3v) is 3.47. The molecule has 1 atom stereocenters. The number of carbonyl (C=O) groups is 1. The van der Waals surface area contributed by atoms with E-state index in [2.05, 4.69) is 16.6 Å². The number of methoxy groups -OCH3 is 1. The third-order valence-electron chi connectivity index (χ3n) is 3.47. The molecule has 0 fully saturated rings. The summed E-state index contributed by atoms with van der Waals surface area (Å²) in [6.07, 6.45) is 2.54. The highest BCUT2D eigenvalue weighted by Crippen LogP contribution is 2.31. The molecule has 0 saturated carbocycles. The minimum atomic E-state index is 0.0238. The number of hydrazone groups is 1. The highest BCUT2D eigenvalue weighted by atomic mass is 16.5. The van der Waals surface area contributed by atoms with Crippen LogP contribution in [0.1, 0.15) is 24.0 Å². The lowest BCUT2D eigenvalue weighted by Gasteiger charge is -2.29. The maximum Gasteiger partial charge on any atom is 0.240 e. The lowest BCUT2D eigenvalue weighted by atomic mass is 9.80. The molecule has 1 aliphatic heterocycles. The van der Waals surface area contributed by atoms with Crippen LogP contribution in [0.3, 0.4) is 0 Å². The Morgan fingerprint density at radius 3 is 3.18 bits per heavy atom. The van der Waals surface area contributed by atoms with E-state index in [1.165, 1.54) is 5.56 Å². The van der Waals surface area contributed by atoms with Gasteiger partial charge in [-0.15, -0.1) is 0 Å². The van der Waals surface area contributed by atoms with Gasteiger partial charge in [-0.05, 0) is 36.6 Å². The summed E-state index contributed by atoms with van der Waals surface area (Å²) in [6.45, 7) is 0. The number of benzene rings is 1. The number of amides is 1. The van der Waals surface area contributed by atoms with Gasteiger partial charge in [0.05, 0.1) is 12.8 Å². The van der Waals surface area contributed by atoms with Gasteiger partial charge in [0.15, 0.2) is 0 Å². The Bertz CT molecular complexity index is 508. The van der Waals surface area contributed by atoms with Crippen LogP contribution in [0.15, 0.2) is 23.3 Å². The van der Waals surface area contributed by atoms with Gasteiger partial charge in [-0.3, -0.25) is 4.79 Å². The van der Waals surface area contributed by atoms with E-state index in [4.69, 9.17) is 4.74 Å². The topological polar surface area (TPSA) is 50.7 Å². The number of carbonyl (C=O) groups excluding carboxylic acids is 1. The van der Waals surface area contributed by atoms with Crippen LogP contribution in [0.4, 0.5) is 0 Å². The quantitative estimate of drug-likeness (QED) is 0.794. The zero-order valence-corrected chi connectivity index (χ0v) is 9.69. The second kappa shape index (κ2) is 3.87. The number of hydrogen-bond acceptors (Lipinski definition) is 3. The van der Waals surface area contributed by atoms with E-state index < -0.39 is 0 Å². The number of rotatable bonds is 1. The van der Waals surface area contributed by atoms with Gasteiger partial charge in [0.2, 0.25) is 5.91 Å². The Kier molecular flexibility index (Phi) is 2.35. The average molecular weight is 230 g/mol. The molecule has 1 aromatic rings. The van der Waals surface area contributed by atoms with Crippen molar-refractivity contribution >= 4 is 11.6 Å². The second-order valence-corrected chi connectivity index (χ2v) is 4.49. The maximum atomic E-state index is 11.3. The van der Waals surface area contributed by atoms with Gasteiger partial charge in [-0.1, -0.05) is 0 Å². The molecule has 0 unspecified atom stereocenters. The van der Waals surface area contributed by atoms with Gasteiger partial charge in [0.1, 0.15) is 5.75 Å². The predicted molar refractivity (Wildman–Crippen MR) is 64.1 cm³/mol. The summed E-state index contributed by atoms with van der Waals surface area (Å²) < 4.78 is 5.22. The fraction of sp³-hybridized carbons (Fsp3) is 0.385. The third kappa shape index (κ3) is 1.69. The van der Waals surface area contributed by atoms with Crippen LogP contribution >= 0.6 is 0 Å². The molecule has 1 aliphatic carbocycles. The highest BCUT2D eigenvalue weighted by molar-refractivity contribution is 6.07. The molecule has 4 heteroatoms. The number of ether oxygens (including phenoxy) is 1. The zero-order valence-electron chi connectivity index (χ0n) is 9.69. The van der Waals surface area contributed by atoms with Crippen molar-refractivity contribution in [2.24, 2.45) is 11.0 Å². The highest BCUT2D eigenvalue weighted by Gasteiger charge is 2.30. The first-order valence-corrected chi connectivity index (χ1v) is 5.81. The molecule has 0 aromatic heterocycles. The van der Waals surface area contributed by atoms with Crippen molar-refractivity contribution in [2.45, 2.75) is 19.3 Å². The summed E-state index contributed by atoms with van der Waals surface area (Å²) in [5.74, 6) is 1.18. The number of hydrogen-bond donors (Lipinski definition) is 1. The molecule has 0 saturated heterocycles. The van der Waals surface area contributed by atoms with Gasteiger partial charge in [0.25, 0.3) is 0 Å². The lowest BCUT2D eigenvalue weighted by Crippen LogP contribution is -2.36. The molecule has 17 heavy (non-hydrogen) atoms. The number of nitrogens with one attached hydrogen (secondary N) is 1.